The first-order valence-corrected chi connectivity index (χ1v) is 17.8. The molecule has 0 rings (SSSR count). The summed E-state index contributed by atoms with van der Waals surface area (Å²) in [6.45, 7) is 31.6. The maximum absolute atomic E-state index is 11.2. The predicted molar refractivity (Wildman–Crippen MR) is 139 cm³/mol. The monoisotopic (exact) mass is 452 g/mol. The molecule has 0 aliphatic rings. The number of hydrogen-bond donors (Lipinski definition) is 2. The Morgan fingerprint density at radius 1 is 0.633 bits per heavy atom. The first-order valence-electron chi connectivity index (χ1n) is 11.8. The molecule has 2 atom stereocenters. The second-order valence-electron chi connectivity index (χ2n) is 13.1. The molecule has 0 spiro atoms. The van der Waals surface area contributed by atoms with Gasteiger partial charge >= 0.3 is 0 Å². The van der Waals surface area contributed by atoms with E-state index in [0.717, 1.165) is 23.2 Å². The van der Waals surface area contributed by atoms with Gasteiger partial charge in [0.2, 0.25) is 0 Å². The Kier molecular flexibility index (Phi) is 10.4. The third-order valence-electron chi connectivity index (χ3n) is 7.48. The molecule has 0 aromatic carbocycles. The molecule has 0 aromatic heterocycles. The second kappa shape index (κ2) is 10.5. The smallest absolute Gasteiger partial charge is 0.0949 e. The molecule has 0 fully saturated rings. The van der Waals surface area contributed by atoms with Crippen LogP contribution in [-0.2, 0) is 0 Å². The first kappa shape index (κ1) is 29.7. The Hall–Kier alpha value is -0.346. The Labute approximate surface area is 190 Å². The molecule has 0 aromatic rings. The van der Waals surface area contributed by atoms with Crippen molar-refractivity contribution in [3.8, 4) is 0 Å². The Morgan fingerprint density at radius 2 is 0.867 bits per heavy atom. The second-order valence-corrected chi connectivity index (χ2v) is 23.7. The van der Waals surface area contributed by atoms with E-state index in [4.69, 9.17) is 0 Å². The van der Waals surface area contributed by atoms with Gasteiger partial charge < -0.3 is 10.2 Å². The van der Waals surface area contributed by atoms with Gasteiger partial charge in [-0.2, -0.15) is 0 Å². The van der Waals surface area contributed by atoms with E-state index in [1.54, 1.807) is 0 Å². The van der Waals surface area contributed by atoms with Gasteiger partial charge in [0, 0.05) is 0 Å². The minimum absolute atomic E-state index is 0.0999. The topological polar surface area (TPSA) is 40.5 Å². The number of aliphatic hydroxyl groups is 2. The van der Waals surface area contributed by atoms with Gasteiger partial charge in [-0.3, -0.25) is 0 Å². The van der Waals surface area contributed by atoms with Gasteiger partial charge in [0.25, 0.3) is 0 Å². The van der Waals surface area contributed by atoms with Gasteiger partial charge in [-0.15, -0.1) is 0 Å². The van der Waals surface area contributed by atoms with Crippen LogP contribution in [0.3, 0.4) is 0 Å². The third-order valence-corrected chi connectivity index (χ3v) is 18.6. The van der Waals surface area contributed by atoms with E-state index in [2.05, 4.69) is 107 Å². The molecule has 0 aliphatic carbocycles. The predicted octanol–water partition coefficient (Wildman–Crippen LogP) is 7.50. The van der Waals surface area contributed by atoms with E-state index in [-0.39, 0.29) is 10.1 Å². The van der Waals surface area contributed by atoms with Crippen LogP contribution in [0.25, 0.3) is 0 Å². The highest BCUT2D eigenvalue weighted by molar-refractivity contribution is 6.87. The molecule has 2 N–H and O–H groups in total. The van der Waals surface area contributed by atoms with E-state index in [0.29, 0.717) is 11.8 Å². The van der Waals surface area contributed by atoms with Crippen molar-refractivity contribution in [2.24, 2.45) is 11.8 Å². The van der Waals surface area contributed by atoms with E-state index >= 15 is 0 Å². The summed E-state index contributed by atoms with van der Waals surface area (Å²) >= 11 is 0. The molecule has 30 heavy (non-hydrogen) atoms. The maximum Gasteiger partial charge on any atom is 0.0949 e. The SMILES string of the molecule is CC(C)CC(O)C(=C=C=C(C(O)CC(C)C)[Si](C)(C)C(C)(C)C)[Si](C)(C)C(C)(C)C. The third kappa shape index (κ3) is 7.66. The summed E-state index contributed by atoms with van der Waals surface area (Å²) in [4.78, 5) is 0. The van der Waals surface area contributed by atoms with E-state index in [1.165, 1.54) is 0 Å². The lowest BCUT2D eigenvalue weighted by Gasteiger charge is -2.40. The van der Waals surface area contributed by atoms with Crippen LogP contribution in [0.4, 0.5) is 0 Å². The van der Waals surface area contributed by atoms with Crippen LogP contribution in [0.5, 0.6) is 0 Å². The molecule has 0 aliphatic heterocycles. The lowest BCUT2D eigenvalue weighted by Crippen LogP contribution is -2.44. The Bertz CT molecular complexity index is 602. The van der Waals surface area contributed by atoms with Crippen molar-refractivity contribution in [1.82, 2.24) is 0 Å². The maximum atomic E-state index is 11.2. The largest absolute Gasteiger partial charge is 0.388 e. The molecule has 0 bridgehead atoms. The number of aliphatic hydroxyl groups excluding tert-OH is 2. The van der Waals surface area contributed by atoms with Crippen molar-refractivity contribution in [1.29, 1.82) is 0 Å². The fraction of sp³-hybridized carbons (Fsp3) is 0.846. The molecule has 2 nitrogen and oxygen atoms in total. The molecule has 0 amide bonds. The Balaban J connectivity index is 7.14. The highest BCUT2D eigenvalue weighted by Crippen LogP contribution is 2.43. The van der Waals surface area contributed by atoms with Crippen LogP contribution in [-0.4, -0.2) is 38.6 Å². The molecule has 176 valence electrons. The fourth-order valence-corrected chi connectivity index (χ4v) is 7.65. The standard InChI is InChI=1S/C26H52O2Si2/c1-19(2)17-21(27)23(29(11,12)25(5,6)7)15-16-24(22(28)18-20(3)4)30(13,14)26(8,9)10/h19-22,27-28H,17-18H2,1-14H3. The normalized spacial score (nSPS) is 15.7. The molecule has 2 unspecified atom stereocenters. The van der Waals surface area contributed by atoms with Crippen LogP contribution in [0, 0.1) is 11.8 Å². The summed E-state index contributed by atoms with van der Waals surface area (Å²) < 4.78 is 0. The summed E-state index contributed by atoms with van der Waals surface area (Å²) in [5, 5.41) is 24.6. The first-order chi connectivity index (χ1) is 13.2. The van der Waals surface area contributed by atoms with Gasteiger partial charge in [0.15, 0.2) is 0 Å². The quantitative estimate of drug-likeness (QED) is 0.295. The molecular weight excluding hydrogens is 400 g/mol. The van der Waals surface area contributed by atoms with E-state index < -0.39 is 28.4 Å². The van der Waals surface area contributed by atoms with Gasteiger partial charge in [0.1, 0.15) is 0 Å². The van der Waals surface area contributed by atoms with Crippen molar-refractivity contribution in [2.45, 2.75) is 131 Å². The fourth-order valence-electron chi connectivity index (χ4n) is 3.38. The van der Waals surface area contributed by atoms with Crippen molar-refractivity contribution in [3.05, 3.63) is 21.9 Å². The van der Waals surface area contributed by atoms with E-state index in [9.17, 15) is 10.2 Å². The van der Waals surface area contributed by atoms with Gasteiger partial charge in [-0.25, -0.2) is 0 Å². The van der Waals surface area contributed by atoms with Gasteiger partial charge in [-0.1, -0.05) is 107 Å². The van der Waals surface area contributed by atoms with Crippen LogP contribution < -0.4 is 0 Å². The van der Waals surface area contributed by atoms with Gasteiger partial charge in [0.05, 0.1) is 28.4 Å². The van der Waals surface area contributed by atoms with E-state index in [1.807, 2.05) is 0 Å². The van der Waals surface area contributed by atoms with Crippen molar-refractivity contribution in [2.75, 3.05) is 0 Å². The summed E-state index contributed by atoms with van der Waals surface area (Å²) in [5.41, 5.74) is 7.04. The minimum atomic E-state index is -1.99. The molecule has 0 heterocycles. The average molecular weight is 453 g/mol. The van der Waals surface area contributed by atoms with Crippen LogP contribution in [0.15, 0.2) is 21.9 Å². The summed E-state index contributed by atoms with van der Waals surface area (Å²) in [7, 11) is -3.98. The lowest BCUT2D eigenvalue weighted by molar-refractivity contribution is 0.187. The molecule has 0 radical (unpaired) electrons. The van der Waals surface area contributed by atoms with Crippen LogP contribution >= 0.6 is 0 Å². The van der Waals surface area contributed by atoms with Crippen LogP contribution in [0.1, 0.15) is 82.1 Å². The van der Waals surface area contributed by atoms with Crippen molar-refractivity contribution in [3.63, 3.8) is 0 Å². The highest BCUT2D eigenvalue weighted by atomic mass is 28.3. The average Bonchev–Trinajstić information content (AvgIpc) is 2.46. The summed E-state index contributed by atoms with van der Waals surface area (Å²) in [6, 6.07) is 0. The molecule has 4 heteroatoms. The van der Waals surface area contributed by atoms with Crippen molar-refractivity contribution >= 4 is 16.1 Å². The zero-order chi connectivity index (χ0) is 24.3. The van der Waals surface area contributed by atoms with Crippen LogP contribution in [0.2, 0.25) is 36.3 Å². The van der Waals surface area contributed by atoms with Crippen molar-refractivity contribution < 1.29 is 10.2 Å². The zero-order valence-electron chi connectivity index (χ0n) is 22.6. The number of rotatable bonds is 8. The molecular formula is C26H52O2Si2. The minimum Gasteiger partial charge on any atom is -0.388 e. The Morgan fingerprint density at radius 3 is 1.03 bits per heavy atom. The highest BCUT2D eigenvalue weighted by Gasteiger charge is 2.43. The zero-order valence-corrected chi connectivity index (χ0v) is 24.6. The summed E-state index contributed by atoms with van der Waals surface area (Å²) in [6.07, 6.45) is 0.476. The lowest BCUT2D eigenvalue weighted by atomic mass is 10.1. The molecule has 0 saturated carbocycles. The van der Waals surface area contributed by atoms with Gasteiger partial charge in [-0.05, 0) is 45.1 Å². The number of hydrogen-bond acceptors (Lipinski definition) is 2. The molecule has 0 saturated heterocycles. The summed E-state index contributed by atoms with van der Waals surface area (Å²) in [5.74, 6) is 0.828.